The van der Waals surface area contributed by atoms with Gasteiger partial charge in [0.25, 0.3) is 5.91 Å². The number of nitrogens with two attached hydrogens (primary N) is 1. The molecule has 2 aromatic rings. The summed E-state index contributed by atoms with van der Waals surface area (Å²) in [6.45, 7) is 9.98. The summed E-state index contributed by atoms with van der Waals surface area (Å²) in [7, 11) is 6.03. The number of hydrogen-bond donors (Lipinski definition) is 3. The standard InChI is InChI=1S/C41H61N5O8/c1-10-26(4)36(45(6)40(50)35(25(2)3)44-39(49)29-18-20-30(42)21-19-29)33(52-7)24-34(47)46-22-14-17-32(46)37(53-8)27(5)38(48)43-31(41(51)54-9)23-28-15-12-11-13-16-28/h11-13,15-16,18-21,25-27,31-33,35-37H,10,14,17,22-24,42H2,1-9H3,(H,43,48)(H,44,49)/t26-,27+,31-,32-,33+,35-,36-,37+/m0/s1. The molecule has 0 saturated carbocycles. The highest BCUT2D eigenvalue weighted by molar-refractivity contribution is 5.98. The first kappa shape index (κ1) is 43.9. The van der Waals surface area contributed by atoms with Crippen LogP contribution in [-0.4, -0.2) is 111 Å². The van der Waals surface area contributed by atoms with Crippen molar-refractivity contribution < 1.29 is 38.2 Å². The Labute approximate surface area is 320 Å². The zero-order chi connectivity index (χ0) is 40.1. The molecule has 1 aliphatic heterocycles. The Balaban J connectivity index is 1.77. The van der Waals surface area contributed by atoms with Gasteiger partial charge in [-0.3, -0.25) is 19.2 Å². The largest absolute Gasteiger partial charge is 0.467 e. The Kier molecular flexibility index (Phi) is 16.9. The van der Waals surface area contributed by atoms with Gasteiger partial charge in [-0.15, -0.1) is 0 Å². The lowest BCUT2D eigenvalue weighted by Crippen LogP contribution is -2.58. The fourth-order valence-corrected chi connectivity index (χ4v) is 7.39. The molecule has 8 atom stereocenters. The topological polar surface area (TPSA) is 170 Å². The molecule has 298 valence electrons. The number of likely N-dealkylation sites (N-methyl/N-ethyl adjacent to an activating group) is 1. The van der Waals surface area contributed by atoms with Crippen LogP contribution >= 0.6 is 0 Å². The van der Waals surface area contributed by atoms with Crippen LogP contribution in [0.1, 0.15) is 76.2 Å². The predicted octanol–water partition coefficient (Wildman–Crippen LogP) is 3.84. The highest BCUT2D eigenvalue weighted by atomic mass is 16.5. The van der Waals surface area contributed by atoms with Crippen LogP contribution in [0.4, 0.5) is 5.69 Å². The smallest absolute Gasteiger partial charge is 0.328 e. The number of rotatable bonds is 19. The first-order valence-electron chi connectivity index (χ1n) is 18.9. The summed E-state index contributed by atoms with van der Waals surface area (Å²) >= 11 is 0. The molecule has 4 amide bonds. The van der Waals surface area contributed by atoms with Crippen LogP contribution in [0.2, 0.25) is 0 Å². The summed E-state index contributed by atoms with van der Waals surface area (Å²) in [4.78, 5) is 71.1. The third kappa shape index (κ3) is 11.3. The third-order valence-electron chi connectivity index (χ3n) is 10.7. The zero-order valence-corrected chi connectivity index (χ0v) is 33.4. The molecule has 13 heteroatoms. The third-order valence-corrected chi connectivity index (χ3v) is 10.7. The lowest BCUT2D eigenvalue weighted by molar-refractivity contribution is -0.148. The molecule has 1 aliphatic rings. The molecule has 54 heavy (non-hydrogen) atoms. The van der Waals surface area contributed by atoms with Crippen molar-refractivity contribution in [2.24, 2.45) is 17.8 Å². The van der Waals surface area contributed by atoms with E-state index in [2.05, 4.69) is 10.6 Å². The SMILES string of the molecule is CC[C@H](C)[C@@H]([C@@H](CC(=O)N1CCC[C@H]1[C@H](OC)[C@@H](C)C(=O)N[C@@H](Cc1ccccc1)C(=O)OC)OC)N(C)C(=O)[C@@H](NC(=O)c1ccc(N)cc1)C(C)C. The first-order chi connectivity index (χ1) is 25.7. The lowest BCUT2D eigenvalue weighted by atomic mass is 9.89. The molecular formula is C41H61N5O8. The van der Waals surface area contributed by atoms with Gasteiger partial charge in [0, 0.05) is 45.5 Å². The Morgan fingerprint density at radius 2 is 1.57 bits per heavy atom. The normalized spacial score (nSPS) is 18.1. The molecule has 0 bridgehead atoms. The van der Waals surface area contributed by atoms with Gasteiger partial charge in [0.05, 0.1) is 43.7 Å². The number of carbonyl (C=O) groups excluding carboxylic acids is 5. The number of nitrogens with one attached hydrogen (secondary N) is 2. The van der Waals surface area contributed by atoms with Gasteiger partial charge in [-0.05, 0) is 54.5 Å². The van der Waals surface area contributed by atoms with Crippen molar-refractivity contribution in [3.63, 3.8) is 0 Å². The number of benzene rings is 2. The Morgan fingerprint density at radius 3 is 2.13 bits per heavy atom. The second-order valence-electron chi connectivity index (χ2n) is 14.7. The Bertz CT molecular complexity index is 1540. The van der Waals surface area contributed by atoms with Crippen molar-refractivity contribution in [3.8, 4) is 0 Å². The van der Waals surface area contributed by atoms with Crippen LogP contribution in [0.3, 0.4) is 0 Å². The molecule has 0 radical (unpaired) electrons. The molecule has 0 aliphatic carbocycles. The highest BCUT2D eigenvalue weighted by Gasteiger charge is 2.43. The van der Waals surface area contributed by atoms with Crippen LogP contribution in [0.25, 0.3) is 0 Å². The molecule has 13 nitrogen and oxygen atoms in total. The maximum absolute atomic E-state index is 14.2. The average Bonchev–Trinajstić information content (AvgIpc) is 3.65. The molecule has 1 heterocycles. The summed E-state index contributed by atoms with van der Waals surface area (Å²) < 4.78 is 16.9. The van der Waals surface area contributed by atoms with E-state index in [9.17, 15) is 24.0 Å². The van der Waals surface area contributed by atoms with Crippen LogP contribution in [-0.2, 0) is 39.8 Å². The number of likely N-dealkylation sites (tertiary alicyclic amines) is 1. The van der Waals surface area contributed by atoms with Gasteiger partial charge in [-0.25, -0.2) is 4.79 Å². The van der Waals surface area contributed by atoms with Gasteiger partial charge >= 0.3 is 5.97 Å². The number of amides is 4. The molecule has 0 aromatic heterocycles. The van der Waals surface area contributed by atoms with E-state index in [1.807, 2.05) is 58.0 Å². The van der Waals surface area contributed by atoms with Crippen molar-refractivity contribution >= 4 is 35.3 Å². The van der Waals surface area contributed by atoms with Crippen molar-refractivity contribution in [1.29, 1.82) is 0 Å². The van der Waals surface area contributed by atoms with Gasteiger partial charge in [-0.1, -0.05) is 71.4 Å². The molecule has 2 aromatic carbocycles. The van der Waals surface area contributed by atoms with E-state index in [0.29, 0.717) is 30.6 Å². The Hall–Kier alpha value is -4.49. The van der Waals surface area contributed by atoms with Crippen molar-refractivity contribution in [2.45, 2.75) is 103 Å². The number of carbonyl (C=O) groups is 5. The number of ether oxygens (including phenoxy) is 3. The van der Waals surface area contributed by atoms with E-state index < -0.39 is 48.3 Å². The van der Waals surface area contributed by atoms with E-state index in [4.69, 9.17) is 19.9 Å². The minimum Gasteiger partial charge on any atom is -0.467 e. The zero-order valence-electron chi connectivity index (χ0n) is 33.4. The van der Waals surface area contributed by atoms with Gasteiger partial charge < -0.3 is 40.4 Å². The van der Waals surface area contributed by atoms with Crippen molar-refractivity contribution in [2.75, 3.05) is 40.7 Å². The molecular weight excluding hydrogens is 690 g/mol. The van der Waals surface area contributed by atoms with Gasteiger partial charge in [-0.2, -0.15) is 0 Å². The minimum atomic E-state index is -0.896. The summed E-state index contributed by atoms with van der Waals surface area (Å²) in [5.74, 6) is -2.78. The first-order valence-corrected chi connectivity index (χ1v) is 18.9. The predicted molar refractivity (Wildman–Crippen MR) is 207 cm³/mol. The summed E-state index contributed by atoms with van der Waals surface area (Å²) in [6, 6.07) is 13.2. The number of anilines is 1. The second kappa shape index (κ2) is 20.8. The quantitative estimate of drug-likeness (QED) is 0.143. The van der Waals surface area contributed by atoms with Gasteiger partial charge in [0.2, 0.25) is 17.7 Å². The highest BCUT2D eigenvalue weighted by Crippen LogP contribution is 2.30. The number of esters is 1. The number of methoxy groups -OCH3 is 3. The Morgan fingerprint density at radius 1 is 0.926 bits per heavy atom. The second-order valence-corrected chi connectivity index (χ2v) is 14.7. The van der Waals surface area contributed by atoms with Gasteiger partial charge in [0.15, 0.2) is 0 Å². The van der Waals surface area contributed by atoms with E-state index in [-0.39, 0.29) is 48.3 Å². The number of hydrogen-bond acceptors (Lipinski definition) is 9. The molecule has 1 saturated heterocycles. The number of nitrogen functional groups attached to an aromatic ring is 1. The average molecular weight is 752 g/mol. The molecule has 3 rings (SSSR count). The van der Waals surface area contributed by atoms with E-state index in [1.165, 1.54) is 21.3 Å². The van der Waals surface area contributed by atoms with Crippen LogP contribution in [0.5, 0.6) is 0 Å². The fourth-order valence-electron chi connectivity index (χ4n) is 7.39. The van der Waals surface area contributed by atoms with Gasteiger partial charge in [0.1, 0.15) is 12.1 Å². The summed E-state index contributed by atoms with van der Waals surface area (Å²) in [5, 5.41) is 5.76. The van der Waals surface area contributed by atoms with Crippen LogP contribution < -0.4 is 16.4 Å². The van der Waals surface area contributed by atoms with Crippen molar-refractivity contribution in [1.82, 2.24) is 20.4 Å². The van der Waals surface area contributed by atoms with E-state index in [1.54, 1.807) is 48.0 Å². The molecule has 0 spiro atoms. The monoisotopic (exact) mass is 751 g/mol. The summed E-state index contributed by atoms with van der Waals surface area (Å²) in [6.07, 6.45) is 0.989. The molecule has 4 N–H and O–H groups in total. The van der Waals surface area contributed by atoms with Crippen LogP contribution in [0, 0.1) is 17.8 Å². The van der Waals surface area contributed by atoms with E-state index >= 15 is 0 Å². The van der Waals surface area contributed by atoms with Crippen molar-refractivity contribution in [3.05, 3.63) is 65.7 Å². The van der Waals surface area contributed by atoms with E-state index in [0.717, 1.165) is 12.0 Å². The molecule has 1 fully saturated rings. The maximum atomic E-state index is 14.2. The summed E-state index contributed by atoms with van der Waals surface area (Å²) in [5.41, 5.74) is 7.58. The molecule has 0 unspecified atom stereocenters. The minimum absolute atomic E-state index is 0.0116. The fraction of sp³-hybridized carbons (Fsp3) is 0.585. The van der Waals surface area contributed by atoms with Crippen LogP contribution in [0.15, 0.2) is 54.6 Å². The maximum Gasteiger partial charge on any atom is 0.328 e. The number of nitrogens with zero attached hydrogens (tertiary/aromatic N) is 2. The lowest BCUT2D eigenvalue weighted by Gasteiger charge is -2.40.